The van der Waals surface area contributed by atoms with E-state index < -0.39 is 0 Å². The highest BCUT2D eigenvalue weighted by atomic mass is 32.1. The lowest BCUT2D eigenvalue weighted by Gasteiger charge is -2.30. The second-order valence-corrected chi connectivity index (χ2v) is 6.04. The Kier molecular flexibility index (Phi) is 4.35. The van der Waals surface area contributed by atoms with Crippen LogP contribution in [0.5, 0.6) is 0 Å². The van der Waals surface area contributed by atoms with Crippen LogP contribution in [0.25, 0.3) is 0 Å². The van der Waals surface area contributed by atoms with Crippen LogP contribution in [-0.4, -0.2) is 36.4 Å². The van der Waals surface area contributed by atoms with E-state index >= 15 is 0 Å². The summed E-state index contributed by atoms with van der Waals surface area (Å²) in [6.45, 7) is 2.79. The Balaban J connectivity index is 2.11. The number of fused-ring (bicyclic) bond motifs is 1. The number of carbonyl (C=O) groups is 1. The maximum absolute atomic E-state index is 12.1. The van der Waals surface area contributed by atoms with E-state index in [1.807, 2.05) is 25.9 Å². The molecule has 1 aromatic rings. The maximum Gasteiger partial charge on any atom is 0.224 e. The van der Waals surface area contributed by atoms with E-state index in [1.54, 1.807) is 11.3 Å². The zero-order valence-electron chi connectivity index (χ0n) is 11.3. The summed E-state index contributed by atoms with van der Waals surface area (Å²) in [4.78, 5) is 19.9. The number of hydrogen-bond acceptors (Lipinski definition) is 4. The zero-order chi connectivity index (χ0) is 13.1. The second-order valence-electron chi connectivity index (χ2n) is 4.81. The standard InChI is InChI=1S/C13H21N3OS/c1-9-15-10-5-4-6-11(13(10)18-9)16(3)12(17)7-8-14-2/h11,14H,4-8H2,1-3H3. The minimum atomic E-state index is 0.216. The van der Waals surface area contributed by atoms with Crippen molar-refractivity contribution >= 4 is 17.2 Å². The van der Waals surface area contributed by atoms with Crippen molar-refractivity contribution in [3.05, 3.63) is 15.6 Å². The number of nitrogens with one attached hydrogen (secondary N) is 1. The molecule has 1 aliphatic carbocycles. The largest absolute Gasteiger partial charge is 0.338 e. The Morgan fingerprint density at radius 2 is 2.39 bits per heavy atom. The van der Waals surface area contributed by atoms with Gasteiger partial charge in [-0.25, -0.2) is 4.98 Å². The monoisotopic (exact) mass is 267 g/mol. The van der Waals surface area contributed by atoms with E-state index in [2.05, 4.69) is 10.3 Å². The van der Waals surface area contributed by atoms with E-state index in [0.29, 0.717) is 6.42 Å². The minimum absolute atomic E-state index is 0.216. The van der Waals surface area contributed by atoms with Gasteiger partial charge in [0.05, 0.1) is 21.6 Å². The number of carbonyl (C=O) groups excluding carboxylic acids is 1. The molecule has 1 unspecified atom stereocenters. The molecule has 0 saturated carbocycles. The molecule has 1 amide bonds. The van der Waals surface area contributed by atoms with Crippen LogP contribution < -0.4 is 5.32 Å². The molecule has 0 radical (unpaired) electrons. The molecule has 1 aliphatic rings. The third-order valence-corrected chi connectivity index (χ3v) is 4.59. The van der Waals surface area contributed by atoms with E-state index in [1.165, 1.54) is 10.6 Å². The Labute approximate surface area is 112 Å². The first-order chi connectivity index (χ1) is 8.63. The van der Waals surface area contributed by atoms with Crippen molar-refractivity contribution in [3.63, 3.8) is 0 Å². The number of hydrogen-bond donors (Lipinski definition) is 1. The van der Waals surface area contributed by atoms with Crippen molar-refractivity contribution < 1.29 is 4.79 Å². The fraction of sp³-hybridized carbons (Fsp3) is 0.692. The quantitative estimate of drug-likeness (QED) is 0.906. The predicted molar refractivity (Wildman–Crippen MR) is 73.8 cm³/mol. The normalized spacial score (nSPS) is 18.5. The Morgan fingerprint density at radius 3 is 3.11 bits per heavy atom. The minimum Gasteiger partial charge on any atom is -0.338 e. The van der Waals surface area contributed by atoms with Gasteiger partial charge in [0, 0.05) is 20.0 Å². The molecule has 2 rings (SSSR count). The predicted octanol–water partition coefficient (Wildman–Crippen LogP) is 1.90. The summed E-state index contributed by atoms with van der Waals surface area (Å²) < 4.78 is 0. The van der Waals surface area contributed by atoms with Gasteiger partial charge in [0.1, 0.15) is 0 Å². The van der Waals surface area contributed by atoms with Gasteiger partial charge in [-0.1, -0.05) is 0 Å². The lowest BCUT2D eigenvalue weighted by molar-refractivity contribution is -0.132. The third-order valence-electron chi connectivity index (χ3n) is 3.48. The number of aromatic nitrogens is 1. The van der Waals surface area contributed by atoms with Crippen molar-refractivity contribution in [1.82, 2.24) is 15.2 Å². The van der Waals surface area contributed by atoms with E-state index in [9.17, 15) is 4.79 Å². The van der Waals surface area contributed by atoms with Crippen molar-refractivity contribution in [3.8, 4) is 0 Å². The Morgan fingerprint density at radius 1 is 1.61 bits per heavy atom. The van der Waals surface area contributed by atoms with Crippen LogP contribution in [0.3, 0.4) is 0 Å². The van der Waals surface area contributed by atoms with Gasteiger partial charge in [-0.05, 0) is 33.2 Å². The molecule has 100 valence electrons. The number of nitrogens with zero attached hydrogens (tertiary/aromatic N) is 2. The van der Waals surface area contributed by atoms with Crippen LogP contribution in [0.15, 0.2) is 0 Å². The van der Waals surface area contributed by atoms with Crippen LogP contribution in [0.1, 0.15) is 40.9 Å². The van der Waals surface area contributed by atoms with Gasteiger partial charge in [0.25, 0.3) is 0 Å². The average Bonchev–Trinajstić information content (AvgIpc) is 2.74. The highest BCUT2D eigenvalue weighted by molar-refractivity contribution is 7.11. The van der Waals surface area contributed by atoms with E-state index in [0.717, 1.165) is 30.8 Å². The van der Waals surface area contributed by atoms with Gasteiger partial charge < -0.3 is 10.2 Å². The summed E-state index contributed by atoms with van der Waals surface area (Å²) in [6.07, 6.45) is 3.83. The SMILES string of the molecule is CNCCC(=O)N(C)C1CCCc2nc(C)sc21. The van der Waals surface area contributed by atoms with Gasteiger partial charge in [-0.3, -0.25) is 4.79 Å². The fourth-order valence-corrected chi connectivity index (χ4v) is 3.62. The van der Waals surface area contributed by atoms with E-state index in [4.69, 9.17) is 0 Å². The highest BCUT2D eigenvalue weighted by Crippen LogP contribution is 2.37. The van der Waals surface area contributed by atoms with Crippen molar-refractivity contribution in [2.24, 2.45) is 0 Å². The van der Waals surface area contributed by atoms with Crippen LogP contribution in [-0.2, 0) is 11.2 Å². The molecule has 1 heterocycles. The molecule has 0 spiro atoms. The van der Waals surface area contributed by atoms with Crippen LogP contribution in [0.4, 0.5) is 0 Å². The van der Waals surface area contributed by atoms with Crippen LogP contribution in [0.2, 0.25) is 0 Å². The number of rotatable bonds is 4. The second kappa shape index (κ2) is 5.80. The van der Waals surface area contributed by atoms with Gasteiger partial charge in [0.2, 0.25) is 5.91 Å². The smallest absolute Gasteiger partial charge is 0.224 e. The molecule has 1 atom stereocenters. The van der Waals surface area contributed by atoms with Crippen molar-refractivity contribution in [1.29, 1.82) is 0 Å². The maximum atomic E-state index is 12.1. The number of amides is 1. The first-order valence-corrected chi connectivity index (χ1v) is 7.31. The molecular weight excluding hydrogens is 246 g/mol. The van der Waals surface area contributed by atoms with Crippen LogP contribution in [0, 0.1) is 6.92 Å². The lowest BCUT2D eigenvalue weighted by atomic mass is 9.97. The van der Waals surface area contributed by atoms with Crippen molar-refractivity contribution in [2.45, 2.75) is 38.6 Å². The number of aryl methyl sites for hydroxylation is 2. The highest BCUT2D eigenvalue weighted by Gasteiger charge is 2.29. The molecule has 0 fully saturated rings. The van der Waals surface area contributed by atoms with Gasteiger partial charge in [0.15, 0.2) is 0 Å². The summed E-state index contributed by atoms with van der Waals surface area (Å²) in [5.74, 6) is 0.216. The molecule has 1 aromatic heterocycles. The van der Waals surface area contributed by atoms with Crippen LogP contribution >= 0.6 is 11.3 Å². The van der Waals surface area contributed by atoms with Gasteiger partial charge >= 0.3 is 0 Å². The average molecular weight is 267 g/mol. The van der Waals surface area contributed by atoms with Crippen molar-refractivity contribution in [2.75, 3.05) is 20.6 Å². The molecule has 0 saturated heterocycles. The molecule has 0 bridgehead atoms. The first kappa shape index (κ1) is 13.5. The van der Waals surface area contributed by atoms with E-state index in [-0.39, 0.29) is 11.9 Å². The van der Waals surface area contributed by atoms with Gasteiger partial charge in [-0.15, -0.1) is 11.3 Å². The molecule has 18 heavy (non-hydrogen) atoms. The molecule has 0 aromatic carbocycles. The Hall–Kier alpha value is -0.940. The summed E-state index contributed by atoms with van der Waals surface area (Å²) in [6, 6.07) is 0.240. The molecule has 1 N–H and O–H groups in total. The molecular formula is C13H21N3OS. The topological polar surface area (TPSA) is 45.2 Å². The first-order valence-electron chi connectivity index (χ1n) is 6.50. The fourth-order valence-electron chi connectivity index (χ4n) is 2.47. The summed E-state index contributed by atoms with van der Waals surface area (Å²) in [5, 5.41) is 4.14. The zero-order valence-corrected chi connectivity index (χ0v) is 12.1. The lowest BCUT2D eigenvalue weighted by Crippen LogP contribution is -2.34. The Bertz CT molecular complexity index is 430. The van der Waals surface area contributed by atoms with Gasteiger partial charge in [-0.2, -0.15) is 0 Å². The number of thiazole rings is 1. The summed E-state index contributed by atoms with van der Waals surface area (Å²) in [7, 11) is 3.80. The molecule has 0 aliphatic heterocycles. The third kappa shape index (κ3) is 2.72. The summed E-state index contributed by atoms with van der Waals surface area (Å²) >= 11 is 1.75. The molecule has 4 nitrogen and oxygen atoms in total. The summed E-state index contributed by atoms with van der Waals surface area (Å²) in [5.41, 5.74) is 1.21. The molecule has 5 heteroatoms.